The van der Waals surface area contributed by atoms with E-state index in [4.69, 9.17) is 9.84 Å². The standard InChI is InChI=1S/C10H16N2O3/c1-11-7-4-6(10(13)14)5-8(15-3)9(7)12-2/h5,7,11-12H,4H2,1-3H3,(H,13,14). The van der Waals surface area contributed by atoms with Crippen LogP contribution in [0.15, 0.2) is 23.1 Å². The van der Waals surface area contributed by atoms with Crippen LogP contribution in [0.4, 0.5) is 0 Å². The van der Waals surface area contributed by atoms with Crippen molar-refractivity contribution < 1.29 is 14.6 Å². The number of ether oxygens (including phenoxy) is 1. The first-order valence-electron chi connectivity index (χ1n) is 4.71. The molecule has 3 N–H and O–H groups in total. The van der Waals surface area contributed by atoms with Crippen LogP contribution in [0.3, 0.4) is 0 Å². The van der Waals surface area contributed by atoms with Crippen molar-refractivity contribution in [2.24, 2.45) is 0 Å². The maximum absolute atomic E-state index is 10.9. The van der Waals surface area contributed by atoms with Crippen LogP contribution in [0, 0.1) is 0 Å². The maximum Gasteiger partial charge on any atom is 0.331 e. The second-order valence-corrected chi connectivity index (χ2v) is 3.25. The van der Waals surface area contributed by atoms with Crippen molar-refractivity contribution in [3.05, 3.63) is 23.1 Å². The quantitative estimate of drug-likeness (QED) is 0.615. The summed E-state index contributed by atoms with van der Waals surface area (Å²) in [6, 6.07) is -0.0407. The Bertz CT molecular complexity index is 321. The van der Waals surface area contributed by atoms with Gasteiger partial charge in [0.25, 0.3) is 0 Å². The van der Waals surface area contributed by atoms with Gasteiger partial charge in [-0.05, 0) is 13.1 Å². The predicted octanol–water partition coefficient (Wildman–Crippen LogP) is 0.0665. The molecule has 0 spiro atoms. The fourth-order valence-corrected chi connectivity index (χ4v) is 1.65. The molecule has 0 amide bonds. The van der Waals surface area contributed by atoms with Gasteiger partial charge in [-0.2, -0.15) is 0 Å². The summed E-state index contributed by atoms with van der Waals surface area (Å²) < 4.78 is 5.14. The molecule has 0 saturated heterocycles. The number of methoxy groups -OCH3 is 1. The van der Waals surface area contributed by atoms with E-state index < -0.39 is 5.97 Å². The summed E-state index contributed by atoms with van der Waals surface area (Å²) in [6.07, 6.45) is 2.01. The molecule has 1 aliphatic carbocycles. The number of carboxylic acid groups (broad SMARTS) is 1. The van der Waals surface area contributed by atoms with Gasteiger partial charge in [-0.25, -0.2) is 4.79 Å². The Morgan fingerprint density at radius 2 is 2.27 bits per heavy atom. The lowest BCUT2D eigenvalue weighted by atomic mass is 9.96. The second kappa shape index (κ2) is 4.84. The Balaban J connectivity index is 3.08. The molecule has 0 bridgehead atoms. The Morgan fingerprint density at radius 3 is 2.67 bits per heavy atom. The van der Waals surface area contributed by atoms with Gasteiger partial charge in [-0.15, -0.1) is 0 Å². The van der Waals surface area contributed by atoms with Crippen molar-refractivity contribution in [3.8, 4) is 0 Å². The summed E-state index contributed by atoms with van der Waals surface area (Å²) in [6.45, 7) is 0. The summed E-state index contributed by atoms with van der Waals surface area (Å²) in [7, 11) is 5.11. The number of nitrogens with one attached hydrogen (secondary N) is 2. The average molecular weight is 212 g/mol. The van der Waals surface area contributed by atoms with Crippen LogP contribution in [0.25, 0.3) is 0 Å². The normalized spacial score (nSPS) is 21.0. The van der Waals surface area contributed by atoms with Crippen molar-refractivity contribution in [1.29, 1.82) is 0 Å². The third-order valence-corrected chi connectivity index (χ3v) is 2.46. The second-order valence-electron chi connectivity index (χ2n) is 3.25. The highest BCUT2D eigenvalue weighted by atomic mass is 16.5. The van der Waals surface area contributed by atoms with Gasteiger partial charge in [0, 0.05) is 19.0 Å². The smallest absolute Gasteiger partial charge is 0.331 e. The van der Waals surface area contributed by atoms with Crippen LogP contribution in [0.1, 0.15) is 6.42 Å². The third kappa shape index (κ3) is 2.30. The van der Waals surface area contributed by atoms with Crippen LogP contribution in [0.5, 0.6) is 0 Å². The zero-order chi connectivity index (χ0) is 11.4. The minimum Gasteiger partial charge on any atom is -0.495 e. The molecule has 84 valence electrons. The molecule has 15 heavy (non-hydrogen) atoms. The molecule has 5 nitrogen and oxygen atoms in total. The van der Waals surface area contributed by atoms with E-state index in [1.165, 1.54) is 7.11 Å². The first-order valence-corrected chi connectivity index (χ1v) is 4.71. The fourth-order valence-electron chi connectivity index (χ4n) is 1.65. The van der Waals surface area contributed by atoms with Crippen molar-refractivity contribution >= 4 is 5.97 Å². The molecular formula is C10H16N2O3. The molecule has 1 rings (SSSR count). The van der Waals surface area contributed by atoms with E-state index in [1.807, 2.05) is 0 Å². The highest BCUT2D eigenvalue weighted by molar-refractivity contribution is 5.87. The van der Waals surface area contributed by atoms with Gasteiger partial charge in [0.2, 0.25) is 0 Å². The summed E-state index contributed by atoms with van der Waals surface area (Å²) >= 11 is 0. The molecule has 1 atom stereocenters. The molecule has 0 radical (unpaired) electrons. The molecule has 0 aromatic heterocycles. The number of aliphatic carboxylic acids is 1. The Labute approximate surface area is 88.8 Å². The Morgan fingerprint density at radius 1 is 1.60 bits per heavy atom. The molecule has 1 aliphatic rings. The zero-order valence-electron chi connectivity index (χ0n) is 9.13. The lowest BCUT2D eigenvalue weighted by Crippen LogP contribution is -2.37. The van der Waals surface area contributed by atoms with Gasteiger partial charge in [-0.1, -0.05) is 0 Å². The number of carboxylic acids is 1. The van der Waals surface area contributed by atoms with Gasteiger partial charge in [0.05, 0.1) is 18.8 Å². The van der Waals surface area contributed by atoms with E-state index in [0.717, 1.165) is 5.70 Å². The third-order valence-electron chi connectivity index (χ3n) is 2.46. The van der Waals surface area contributed by atoms with Gasteiger partial charge in [-0.3, -0.25) is 0 Å². The largest absolute Gasteiger partial charge is 0.495 e. The lowest BCUT2D eigenvalue weighted by Gasteiger charge is -2.25. The summed E-state index contributed by atoms with van der Waals surface area (Å²) in [4.78, 5) is 10.9. The monoisotopic (exact) mass is 212 g/mol. The molecule has 5 heteroatoms. The van der Waals surface area contributed by atoms with Gasteiger partial charge >= 0.3 is 5.97 Å². The van der Waals surface area contributed by atoms with Crippen molar-refractivity contribution in [2.45, 2.75) is 12.5 Å². The van der Waals surface area contributed by atoms with Crippen LogP contribution in [-0.4, -0.2) is 38.3 Å². The van der Waals surface area contributed by atoms with Gasteiger partial charge in [0.15, 0.2) is 0 Å². The van der Waals surface area contributed by atoms with E-state index >= 15 is 0 Å². The molecule has 0 aromatic rings. The molecule has 0 saturated carbocycles. The highest BCUT2D eigenvalue weighted by Gasteiger charge is 2.25. The molecule has 0 fully saturated rings. The van der Waals surface area contributed by atoms with Gasteiger partial charge < -0.3 is 20.5 Å². The molecule has 0 aliphatic heterocycles. The average Bonchev–Trinajstić information content (AvgIpc) is 2.26. The van der Waals surface area contributed by atoms with Crippen LogP contribution < -0.4 is 10.6 Å². The molecule has 0 aromatic carbocycles. The first-order chi connectivity index (χ1) is 7.13. The topological polar surface area (TPSA) is 70.6 Å². The minimum absolute atomic E-state index is 0.0407. The van der Waals surface area contributed by atoms with E-state index in [0.29, 0.717) is 17.8 Å². The van der Waals surface area contributed by atoms with Crippen molar-refractivity contribution in [3.63, 3.8) is 0 Å². The van der Waals surface area contributed by atoms with E-state index in [1.54, 1.807) is 20.2 Å². The van der Waals surface area contributed by atoms with Crippen LogP contribution in [-0.2, 0) is 9.53 Å². The Hall–Kier alpha value is -1.49. The molecular weight excluding hydrogens is 196 g/mol. The van der Waals surface area contributed by atoms with Crippen LogP contribution in [0.2, 0.25) is 0 Å². The molecule has 0 heterocycles. The number of rotatable bonds is 4. The van der Waals surface area contributed by atoms with E-state index in [2.05, 4.69) is 10.6 Å². The first kappa shape index (κ1) is 11.6. The fraction of sp³-hybridized carbons (Fsp3) is 0.500. The molecule has 1 unspecified atom stereocenters. The maximum atomic E-state index is 10.9. The predicted molar refractivity (Wildman–Crippen MR) is 56.3 cm³/mol. The minimum atomic E-state index is -0.903. The number of carbonyl (C=O) groups is 1. The summed E-state index contributed by atoms with van der Waals surface area (Å²) in [5.74, 6) is -0.333. The number of hydrogen-bond donors (Lipinski definition) is 3. The SMILES string of the molecule is CNC1=C(OC)C=C(C(=O)O)CC1NC. The number of allylic oxidation sites excluding steroid dienone is 1. The number of hydrogen-bond acceptors (Lipinski definition) is 4. The summed E-state index contributed by atoms with van der Waals surface area (Å²) in [5.41, 5.74) is 1.23. The number of likely N-dealkylation sites (N-methyl/N-ethyl adjacent to an activating group) is 2. The highest BCUT2D eigenvalue weighted by Crippen LogP contribution is 2.23. The van der Waals surface area contributed by atoms with Gasteiger partial charge in [0.1, 0.15) is 5.76 Å². The van der Waals surface area contributed by atoms with Crippen molar-refractivity contribution in [1.82, 2.24) is 10.6 Å². The zero-order valence-corrected chi connectivity index (χ0v) is 9.13. The van der Waals surface area contributed by atoms with E-state index in [9.17, 15) is 4.79 Å². The van der Waals surface area contributed by atoms with Crippen LogP contribution >= 0.6 is 0 Å². The summed E-state index contributed by atoms with van der Waals surface area (Å²) in [5, 5.41) is 15.0. The lowest BCUT2D eigenvalue weighted by molar-refractivity contribution is -0.132. The van der Waals surface area contributed by atoms with Crippen molar-refractivity contribution in [2.75, 3.05) is 21.2 Å². The Kier molecular flexibility index (Phi) is 3.74. The van der Waals surface area contributed by atoms with E-state index in [-0.39, 0.29) is 6.04 Å².